The average molecular weight is 527 g/mol. The monoisotopic (exact) mass is 526 g/mol. The van der Waals surface area contributed by atoms with Crippen molar-refractivity contribution in [1.29, 1.82) is 0 Å². The van der Waals surface area contributed by atoms with Crippen molar-refractivity contribution in [2.45, 2.75) is 37.8 Å². The lowest BCUT2D eigenvalue weighted by atomic mass is 9.75. The number of ether oxygens (including phenoxy) is 2. The van der Waals surface area contributed by atoms with Crippen LogP contribution >= 0.6 is 0 Å². The fraction of sp³-hybridized carbons (Fsp3) is 0.375. The van der Waals surface area contributed by atoms with Gasteiger partial charge in [0.15, 0.2) is 11.5 Å². The first-order valence-corrected chi connectivity index (χ1v) is 13.9. The molecule has 0 spiro atoms. The van der Waals surface area contributed by atoms with E-state index in [0.717, 1.165) is 49.2 Å². The molecule has 3 aromatic carbocycles. The zero-order valence-corrected chi connectivity index (χ0v) is 22.7. The lowest BCUT2D eigenvalue weighted by Gasteiger charge is -2.45. The van der Waals surface area contributed by atoms with Gasteiger partial charge in [-0.15, -0.1) is 0 Å². The number of rotatable bonds is 7. The van der Waals surface area contributed by atoms with Gasteiger partial charge in [0.1, 0.15) is 6.54 Å². The van der Waals surface area contributed by atoms with Gasteiger partial charge in [-0.05, 0) is 46.9 Å². The van der Waals surface area contributed by atoms with Gasteiger partial charge in [0, 0.05) is 37.1 Å². The van der Waals surface area contributed by atoms with Gasteiger partial charge in [0.2, 0.25) is 5.91 Å². The molecule has 0 aromatic heterocycles. The molecule has 0 bridgehead atoms. The van der Waals surface area contributed by atoms with Crippen molar-refractivity contribution in [1.82, 2.24) is 10.2 Å². The quantitative estimate of drug-likeness (QED) is 0.465. The SMILES string of the molecule is COc1cc2c(cc1OC)C1C(C(=O)NCCC[NH+]3CCc4ccccc4C3)c3ccccc3C(=O)N1CC2. The number of nitrogens with one attached hydrogen (secondary N) is 2. The maximum atomic E-state index is 13.9. The molecule has 0 radical (unpaired) electrons. The summed E-state index contributed by atoms with van der Waals surface area (Å²) in [6.45, 7) is 4.36. The van der Waals surface area contributed by atoms with Crippen LogP contribution in [0, 0.1) is 0 Å². The van der Waals surface area contributed by atoms with Crippen LogP contribution in [0.25, 0.3) is 0 Å². The van der Waals surface area contributed by atoms with Gasteiger partial charge < -0.3 is 24.6 Å². The maximum absolute atomic E-state index is 13.9. The molecule has 202 valence electrons. The molecule has 2 N–H and O–H groups in total. The molecule has 3 atom stereocenters. The normalized spacial score (nSPS) is 21.2. The zero-order valence-electron chi connectivity index (χ0n) is 22.7. The van der Waals surface area contributed by atoms with Gasteiger partial charge in [-0.1, -0.05) is 42.5 Å². The van der Waals surface area contributed by atoms with Crippen molar-refractivity contribution >= 4 is 11.8 Å². The van der Waals surface area contributed by atoms with Gasteiger partial charge in [-0.2, -0.15) is 0 Å². The summed E-state index contributed by atoms with van der Waals surface area (Å²) in [5, 5.41) is 3.24. The Morgan fingerprint density at radius 3 is 2.51 bits per heavy atom. The van der Waals surface area contributed by atoms with E-state index in [0.29, 0.717) is 36.6 Å². The van der Waals surface area contributed by atoms with E-state index in [4.69, 9.17) is 9.47 Å². The van der Waals surface area contributed by atoms with Crippen LogP contribution in [0.15, 0.2) is 60.7 Å². The molecule has 2 amide bonds. The van der Waals surface area contributed by atoms with Crippen LogP contribution in [0.1, 0.15) is 56.6 Å². The Labute approximate surface area is 229 Å². The number of fused-ring (bicyclic) bond motifs is 5. The van der Waals surface area contributed by atoms with Crippen molar-refractivity contribution in [2.75, 3.05) is 40.4 Å². The van der Waals surface area contributed by atoms with Crippen LogP contribution in [-0.4, -0.2) is 57.1 Å². The number of methoxy groups -OCH3 is 2. The van der Waals surface area contributed by atoms with Crippen LogP contribution in [0.2, 0.25) is 0 Å². The average Bonchev–Trinajstić information content (AvgIpc) is 2.98. The van der Waals surface area contributed by atoms with E-state index in [9.17, 15) is 9.59 Å². The Kier molecular flexibility index (Phi) is 7.00. The summed E-state index contributed by atoms with van der Waals surface area (Å²) in [5.74, 6) is 0.719. The van der Waals surface area contributed by atoms with Crippen molar-refractivity contribution in [3.8, 4) is 11.5 Å². The predicted molar refractivity (Wildman–Crippen MR) is 148 cm³/mol. The molecule has 7 nitrogen and oxygen atoms in total. The molecule has 7 heteroatoms. The van der Waals surface area contributed by atoms with E-state index in [1.165, 1.54) is 11.1 Å². The van der Waals surface area contributed by atoms with E-state index in [2.05, 4.69) is 29.6 Å². The largest absolute Gasteiger partial charge is 0.493 e. The summed E-state index contributed by atoms with van der Waals surface area (Å²) in [6.07, 6.45) is 2.72. The molecule has 0 saturated carbocycles. The molecule has 3 aromatic rings. The molecule has 3 aliphatic heterocycles. The summed E-state index contributed by atoms with van der Waals surface area (Å²) in [4.78, 5) is 30.9. The highest BCUT2D eigenvalue weighted by Gasteiger charge is 2.46. The van der Waals surface area contributed by atoms with Gasteiger partial charge in [-0.3, -0.25) is 9.59 Å². The zero-order chi connectivity index (χ0) is 26.9. The molecule has 0 saturated heterocycles. The lowest BCUT2D eigenvalue weighted by Crippen LogP contribution is -3.11. The van der Waals surface area contributed by atoms with Crippen LogP contribution in [-0.2, 0) is 24.2 Å². The number of hydrogen-bond acceptors (Lipinski definition) is 4. The minimum atomic E-state index is -0.495. The van der Waals surface area contributed by atoms with Crippen LogP contribution in [0.4, 0.5) is 0 Å². The Hall–Kier alpha value is -3.84. The molecule has 3 unspecified atom stereocenters. The summed E-state index contributed by atoms with van der Waals surface area (Å²) in [5.41, 5.74) is 6.36. The third-order valence-corrected chi connectivity index (χ3v) is 8.62. The third-order valence-electron chi connectivity index (χ3n) is 8.62. The van der Waals surface area contributed by atoms with Gasteiger partial charge in [0.25, 0.3) is 5.91 Å². The van der Waals surface area contributed by atoms with Gasteiger partial charge in [0.05, 0.1) is 39.3 Å². The van der Waals surface area contributed by atoms with Crippen molar-refractivity contribution in [3.63, 3.8) is 0 Å². The molecule has 0 aliphatic carbocycles. The highest BCUT2D eigenvalue weighted by Crippen LogP contribution is 2.48. The fourth-order valence-corrected chi connectivity index (χ4v) is 6.65. The van der Waals surface area contributed by atoms with Crippen molar-refractivity contribution < 1.29 is 24.0 Å². The molecule has 0 fully saturated rings. The Morgan fingerprint density at radius 2 is 1.69 bits per heavy atom. The third kappa shape index (κ3) is 4.65. The summed E-state index contributed by atoms with van der Waals surface area (Å²) in [6, 6.07) is 19.8. The first-order valence-electron chi connectivity index (χ1n) is 13.9. The number of amides is 2. The summed E-state index contributed by atoms with van der Waals surface area (Å²) >= 11 is 0. The number of benzene rings is 3. The second-order valence-corrected chi connectivity index (χ2v) is 10.8. The number of carbonyl (C=O) groups is 2. The van der Waals surface area contributed by atoms with Gasteiger partial charge >= 0.3 is 0 Å². The van der Waals surface area contributed by atoms with E-state index in [1.807, 2.05) is 41.3 Å². The first-order chi connectivity index (χ1) is 19.1. The number of hydrogen-bond donors (Lipinski definition) is 2. The highest BCUT2D eigenvalue weighted by atomic mass is 16.5. The second kappa shape index (κ2) is 10.7. The Bertz CT molecular complexity index is 1400. The summed E-state index contributed by atoms with van der Waals surface area (Å²) in [7, 11) is 3.24. The van der Waals surface area contributed by atoms with E-state index in [-0.39, 0.29) is 17.9 Å². The van der Waals surface area contributed by atoms with Crippen LogP contribution < -0.4 is 19.7 Å². The standard InChI is InChI=1S/C32H35N3O4/c1-38-27-18-22-13-17-35-30(26(22)19-28(27)39-2)29(24-10-5-6-11-25(24)32(35)37)31(36)33-14-7-15-34-16-12-21-8-3-4-9-23(21)20-34/h3-6,8-11,18-19,29-30H,7,12-17,20H2,1-2H3,(H,33,36)/p+1. The molecular weight excluding hydrogens is 490 g/mol. The Balaban J connectivity index is 1.22. The maximum Gasteiger partial charge on any atom is 0.254 e. The smallest absolute Gasteiger partial charge is 0.254 e. The molecular formula is C32H36N3O4+. The number of carbonyl (C=O) groups excluding carboxylic acids is 2. The second-order valence-electron chi connectivity index (χ2n) is 10.8. The Morgan fingerprint density at radius 1 is 0.949 bits per heavy atom. The van der Waals surface area contributed by atoms with E-state index < -0.39 is 5.92 Å². The van der Waals surface area contributed by atoms with Crippen molar-refractivity contribution in [2.24, 2.45) is 0 Å². The number of nitrogens with zero attached hydrogens (tertiary/aromatic N) is 1. The van der Waals surface area contributed by atoms with Crippen molar-refractivity contribution in [3.05, 3.63) is 94.0 Å². The first kappa shape index (κ1) is 25.4. The van der Waals surface area contributed by atoms with Crippen LogP contribution in [0.3, 0.4) is 0 Å². The number of quaternary nitrogens is 1. The lowest BCUT2D eigenvalue weighted by molar-refractivity contribution is -0.916. The molecule has 3 heterocycles. The molecule has 6 rings (SSSR count). The van der Waals surface area contributed by atoms with E-state index in [1.54, 1.807) is 19.1 Å². The minimum absolute atomic E-state index is 0.0194. The molecule has 3 aliphatic rings. The minimum Gasteiger partial charge on any atom is -0.493 e. The topological polar surface area (TPSA) is 72.3 Å². The fourth-order valence-electron chi connectivity index (χ4n) is 6.65. The highest BCUT2D eigenvalue weighted by molar-refractivity contribution is 6.01. The van der Waals surface area contributed by atoms with Gasteiger partial charge in [-0.25, -0.2) is 0 Å². The van der Waals surface area contributed by atoms with E-state index >= 15 is 0 Å². The molecule has 39 heavy (non-hydrogen) atoms. The summed E-state index contributed by atoms with van der Waals surface area (Å²) < 4.78 is 11.1. The van der Waals surface area contributed by atoms with Crippen LogP contribution in [0.5, 0.6) is 11.5 Å². The predicted octanol–water partition coefficient (Wildman–Crippen LogP) is 2.69.